The highest BCUT2D eigenvalue weighted by molar-refractivity contribution is 9.10. The van der Waals surface area contributed by atoms with Gasteiger partial charge in [0.1, 0.15) is 0 Å². The third kappa shape index (κ3) is 3.06. The van der Waals surface area contributed by atoms with Gasteiger partial charge in [-0.25, -0.2) is 0 Å². The molecule has 1 aliphatic rings. The van der Waals surface area contributed by atoms with Crippen LogP contribution in [0.5, 0.6) is 0 Å². The molecular formula is C12H12BrNO3. The molecule has 2 rings (SSSR count). The summed E-state index contributed by atoms with van der Waals surface area (Å²) in [6.45, 7) is 0.436. The number of nitrogens with one attached hydrogen (secondary N) is 1. The van der Waals surface area contributed by atoms with Crippen LogP contribution in [0, 0.1) is 11.8 Å². The molecule has 2 N–H and O–H groups in total. The maximum atomic E-state index is 11.7. The van der Waals surface area contributed by atoms with E-state index in [0.717, 1.165) is 4.47 Å². The summed E-state index contributed by atoms with van der Waals surface area (Å²) < 4.78 is 0.919. The monoisotopic (exact) mass is 297 g/mol. The summed E-state index contributed by atoms with van der Waals surface area (Å²) in [4.78, 5) is 22.3. The first-order chi connectivity index (χ1) is 8.08. The molecule has 0 bridgehead atoms. The van der Waals surface area contributed by atoms with E-state index >= 15 is 0 Å². The summed E-state index contributed by atoms with van der Waals surface area (Å²) in [6.07, 6.45) is 0.663. The number of carboxylic acids is 1. The lowest BCUT2D eigenvalue weighted by molar-refractivity contribution is -0.138. The van der Waals surface area contributed by atoms with Crippen LogP contribution in [0.15, 0.2) is 28.7 Å². The van der Waals surface area contributed by atoms with E-state index in [9.17, 15) is 9.59 Å². The highest BCUT2D eigenvalue weighted by atomic mass is 79.9. The second-order valence-corrected chi connectivity index (χ2v) is 5.07. The zero-order valence-electron chi connectivity index (χ0n) is 9.02. The van der Waals surface area contributed by atoms with Crippen LogP contribution in [0.1, 0.15) is 16.8 Å². The molecule has 2 atom stereocenters. The minimum atomic E-state index is -0.770. The van der Waals surface area contributed by atoms with Gasteiger partial charge < -0.3 is 10.4 Å². The second kappa shape index (κ2) is 4.87. The van der Waals surface area contributed by atoms with Crippen molar-refractivity contribution in [1.29, 1.82) is 0 Å². The SMILES string of the molecule is O=C(NC[C@H]1C[C@H]1C(=O)O)c1ccc(Br)cc1. The van der Waals surface area contributed by atoms with Crippen molar-refractivity contribution in [1.82, 2.24) is 5.32 Å². The average molecular weight is 298 g/mol. The molecule has 5 heteroatoms. The van der Waals surface area contributed by atoms with E-state index in [1.54, 1.807) is 24.3 Å². The van der Waals surface area contributed by atoms with Gasteiger partial charge in [-0.1, -0.05) is 15.9 Å². The molecule has 0 aliphatic heterocycles. The lowest BCUT2D eigenvalue weighted by atomic mass is 10.2. The maximum absolute atomic E-state index is 11.7. The fourth-order valence-electron chi connectivity index (χ4n) is 1.70. The van der Waals surface area contributed by atoms with Crippen molar-refractivity contribution in [2.75, 3.05) is 6.54 Å². The Balaban J connectivity index is 1.82. The first kappa shape index (κ1) is 12.1. The summed E-state index contributed by atoms with van der Waals surface area (Å²) in [7, 11) is 0. The Kier molecular flexibility index (Phi) is 3.47. The summed E-state index contributed by atoms with van der Waals surface area (Å²) in [5.74, 6) is -1.12. The number of carbonyl (C=O) groups excluding carboxylic acids is 1. The average Bonchev–Trinajstić information content (AvgIpc) is 3.06. The van der Waals surface area contributed by atoms with Gasteiger partial charge in [-0.15, -0.1) is 0 Å². The maximum Gasteiger partial charge on any atom is 0.306 e. The molecule has 4 nitrogen and oxygen atoms in total. The molecule has 1 saturated carbocycles. The molecule has 0 spiro atoms. The topological polar surface area (TPSA) is 66.4 Å². The predicted molar refractivity (Wildman–Crippen MR) is 65.7 cm³/mol. The number of benzene rings is 1. The van der Waals surface area contributed by atoms with Crippen molar-refractivity contribution in [3.63, 3.8) is 0 Å². The van der Waals surface area contributed by atoms with Gasteiger partial charge in [-0.3, -0.25) is 9.59 Å². The van der Waals surface area contributed by atoms with Crippen molar-refractivity contribution in [2.45, 2.75) is 6.42 Å². The molecule has 17 heavy (non-hydrogen) atoms. The predicted octanol–water partition coefficient (Wildman–Crippen LogP) is 1.90. The fourth-order valence-corrected chi connectivity index (χ4v) is 1.97. The number of hydrogen-bond donors (Lipinski definition) is 2. The molecule has 0 aromatic heterocycles. The molecule has 0 unspecified atom stereocenters. The Morgan fingerprint density at radius 2 is 2.00 bits per heavy atom. The van der Waals surface area contributed by atoms with E-state index < -0.39 is 5.97 Å². The van der Waals surface area contributed by atoms with Crippen LogP contribution in [0.25, 0.3) is 0 Å². The minimum Gasteiger partial charge on any atom is -0.481 e. The number of halogens is 1. The summed E-state index contributed by atoms with van der Waals surface area (Å²) in [5, 5.41) is 11.5. The van der Waals surface area contributed by atoms with E-state index in [-0.39, 0.29) is 17.7 Å². The van der Waals surface area contributed by atoms with Gasteiger partial charge in [-0.05, 0) is 36.6 Å². The molecule has 1 aromatic carbocycles. The molecule has 0 radical (unpaired) electrons. The number of carboxylic acid groups (broad SMARTS) is 1. The number of rotatable bonds is 4. The lowest BCUT2D eigenvalue weighted by Crippen LogP contribution is -2.26. The van der Waals surface area contributed by atoms with Gasteiger partial charge >= 0.3 is 5.97 Å². The fraction of sp³-hybridized carbons (Fsp3) is 0.333. The van der Waals surface area contributed by atoms with Crippen LogP contribution in [0.2, 0.25) is 0 Å². The van der Waals surface area contributed by atoms with Gasteiger partial charge in [0, 0.05) is 16.6 Å². The Bertz CT molecular complexity index is 444. The van der Waals surface area contributed by atoms with Gasteiger partial charge in [0.05, 0.1) is 5.92 Å². The van der Waals surface area contributed by atoms with Crippen LogP contribution in [-0.2, 0) is 4.79 Å². The zero-order chi connectivity index (χ0) is 12.4. The van der Waals surface area contributed by atoms with Gasteiger partial charge in [0.25, 0.3) is 5.91 Å². The second-order valence-electron chi connectivity index (χ2n) is 4.16. The molecule has 1 fully saturated rings. The van der Waals surface area contributed by atoms with Gasteiger partial charge in [0.2, 0.25) is 0 Å². The van der Waals surface area contributed by atoms with E-state index in [1.165, 1.54) is 0 Å². The third-order valence-electron chi connectivity index (χ3n) is 2.87. The lowest BCUT2D eigenvalue weighted by Gasteiger charge is -2.04. The number of hydrogen-bond acceptors (Lipinski definition) is 2. The highest BCUT2D eigenvalue weighted by Gasteiger charge is 2.42. The quantitative estimate of drug-likeness (QED) is 0.892. The smallest absolute Gasteiger partial charge is 0.306 e. The largest absolute Gasteiger partial charge is 0.481 e. The van der Waals surface area contributed by atoms with Gasteiger partial charge in [0.15, 0.2) is 0 Å². The van der Waals surface area contributed by atoms with Crippen LogP contribution in [-0.4, -0.2) is 23.5 Å². The first-order valence-electron chi connectivity index (χ1n) is 5.34. The van der Waals surface area contributed by atoms with Crippen molar-refractivity contribution in [3.8, 4) is 0 Å². The van der Waals surface area contributed by atoms with Crippen molar-refractivity contribution >= 4 is 27.8 Å². The van der Waals surface area contributed by atoms with Crippen LogP contribution in [0.3, 0.4) is 0 Å². The van der Waals surface area contributed by atoms with Crippen molar-refractivity contribution in [3.05, 3.63) is 34.3 Å². The molecule has 1 aliphatic carbocycles. The number of aliphatic carboxylic acids is 1. The molecular weight excluding hydrogens is 286 g/mol. The number of carbonyl (C=O) groups is 2. The summed E-state index contributed by atoms with van der Waals surface area (Å²) in [5.41, 5.74) is 0.584. The minimum absolute atomic E-state index is 0.0897. The number of amides is 1. The standard InChI is InChI=1S/C12H12BrNO3/c13-9-3-1-7(2-4-9)11(15)14-6-8-5-10(8)12(16)17/h1-4,8,10H,5-6H2,(H,14,15)(H,16,17)/t8-,10-/m1/s1. The van der Waals surface area contributed by atoms with Crippen LogP contribution >= 0.6 is 15.9 Å². The third-order valence-corrected chi connectivity index (χ3v) is 3.40. The van der Waals surface area contributed by atoms with E-state index in [0.29, 0.717) is 18.5 Å². The molecule has 90 valence electrons. The van der Waals surface area contributed by atoms with Gasteiger partial charge in [-0.2, -0.15) is 0 Å². The van der Waals surface area contributed by atoms with Crippen molar-refractivity contribution < 1.29 is 14.7 Å². The van der Waals surface area contributed by atoms with E-state index in [1.807, 2.05) is 0 Å². The summed E-state index contributed by atoms with van der Waals surface area (Å²) in [6, 6.07) is 7.04. The normalized spacial score (nSPS) is 21.9. The molecule has 0 heterocycles. The molecule has 1 amide bonds. The van der Waals surface area contributed by atoms with Crippen molar-refractivity contribution in [2.24, 2.45) is 11.8 Å². The zero-order valence-corrected chi connectivity index (χ0v) is 10.6. The molecule has 1 aromatic rings. The van der Waals surface area contributed by atoms with Crippen LogP contribution < -0.4 is 5.32 Å². The Hall–Kier alpha value is -1.36. The van der Waals surface area contributed by atoms with Crippen LogP contribution in [0.4, 0.5) is 0 Å². The first-order valence-corrected chi connectivity index (χ1v) is 6.14. The van der Waals surface area contributed by atoms with E-state index in [4.69, 9.17) is 5.11 Å². The van der Waals surface area contributed by atoms with E-state index in [2.05, 4.69) is 21.2 Å². The molecule has 0 saturated heterocycles. The Labute approximate surface area is 107 Å². The Morgan fingerprint density at radius 3 is 2.53 bits per heavy atom. The summed E-state index contributed by atoms with van der Waals surface area (Å²) >= 11 is 3.29. The highest BCUT2D eigenvalue weighted by Crippen LogP contribution is 2.37. The Morgan fingerprint density at radius 1 is 1.35 bits per heavy atom.